The van der Waals surface area contributed by atoms with Crippen LogP contribution in [0, 0.1) is 5.41 Å². The van der Waals surface area contributed by atoms with E-state index in [1.165, 1.54) is 14.0 Å². The lowest BCUT2D eigenvalue weighted by Crippen LogP contribution is -2.66. The van der Waals surface area contributed by atoms with Crippen molar-refractivity contribution in [1.82, 2.24) is 5.32 Å². The molecule has 2 saturated heterocycles. The number of rotatable bonds is 8. The first kappa shape index (κ1) is 26.2. The topological polar surface area (TPSA) is 211 Å². The quantitative estimate of drug-likeness (QED) is 0.126. The number of methoxy groups -OCH3 is 1. The number of ether oxygens (including phenoxy) is 4. The van der Waals surface area contributed by atoms with E-state index in [2.05, 4.69) is 5.32 Å². The molecule has 0 radical (unpaired) electrons. The normalized spacial score (nSPS) is 40.9. The van der Waals surface area contributed by atoms with Gasteiger partial charge in [-0.2, -0.15) is 0 Å². The number of nitrogens with one attached hydrogen (secondary N) is 2. The monoisotopic (exact) mass is 470 g/mol. The number of amides is 1. The highest BCUT2D eigenvalue weighted by atomic mass is 32.2. The highest BCUT2D eigenvalue weighted by Crippen LogP contribution is 2.32. The third-order valence-electron chi connectivity index (χ3n) is 4.99. The van der Waals surface area contributed by atoms with Crippen molar-refractivity contribution in [2.75, 3.05) is 26.1 Å². The summed E-state index contributed by atoms with van der Waals surface area (Å²) in [6, 6.07) is -1.02. The summed E-state index contributed by atoms with van der Waals surface area (Å²) in [5.74, 6) is -0.473. The third kappa shape index (κ3) is 6.25. The van der Waals surface area contributed by atoms with Gasteiger partial charge in [0, 0.05) is 6.92 Å². The Labute approximate surface area is 182 Å². The summed E-state index contributed by atoms with van der Waals surface area (Å²) in [6.07, 6.45) is -11.7. The molecule has 0 spiro atoms. The van der Waals surface area contributed by atoms with E-state index in [9.17, 15) is 35.4 Å². The highest BCUT2D eigenvalue weighted by molar-refractivity contribution is 8.00. The van der Waals surface area contributed by atoms with Gasteiger partial charge in [-0.25, -0.2) is 0 Å². The molecule has 2 rings (SSSR count). The van der Waals surface area contributed by atoms with Gasteiger partial charge in [0.25, 0.3) is 0 Å². The molecule has 31 heavy (non-hydrogen) atoms. The van der Waals surface area contributed by atoms with E-state index in [0.717, 1.165) is 11.8 Å². The van der Waals surface area contributed by atoms with Crippen molar-refractivity contribution in [3.63, 3.8) is 0 Å². The van der Waals surface area contributed by atoms with Crippen LogP contribution in [0.25, 0.3) is 0 Å². The van der Waals surface area contributed by atoms with Gasteiger partial charge in [-0.15, -0.1) is 11.8 Å². The number of carbonyl (C=O) groups excluding carboxylic acids is 1. The summed E-state index contributed by atoms with van der Waals surface area (Å²) in [5, 5.41) is 70.1. The average Bonchev–Trinajstić information content (AvgIpc) is 2.75. The lowest BCUT2D eigenvalue weighted by molar-refractivity contribution is -0.333. The second-order valence-electron chi connectivity index (χ2n) is 7.18. The summed E-state index contributed by atoms with van der Waals surface area (Å²) < 4.78 is 21.4. The smallest absolute Gasteiger partial charge is 0.217 e. The molecule has 180 valence electrons. The van der Waals surface area contributed by atoms with E-state index >= 15 is 0 Å². The van der Waals surface area contributed by atoms with Gasteiger partial charge < -0.3 is 54.9 Å². The predicted molar refractivity (Wildman–Crippen MR) is 105 cm³/mol. The van der Waals surface area contributed by atoms with Crippen LogP contribution in [0.4, 0.5) is 0 Å². The SMILES string of the molecule is COC(=N)CSC1OC(CO)C(OC2OC(CO)C(O)C(O)C2O)C(O)C1NC(C)=O. The van der Waals surface area contributed by atoms with Gasteiger partial charge in [0.2, 0.25) is 5.91 Å². The van der Waals surface area contributed by atoms with E-state index in [0.29, 0.717) is 0 Å². The van der Waals surface area contributed by atoms with Gasteiger partial charge in [0.15, 0.2) is 12.2 Å². The van der Waals surface area contributed by atoms with Crippen LogP contribution in [0.5, 0.6) is 0 Å². The molecular formula is C17H30N2O11S. The maximum atomic E-state index is 11.7. The first-order valence-electron chi connectivity index (χ1n) is 9.55. The van der Waals surface area contributed by atoms with E-state index in [-0.39, 0.29) is 11.7 Å². The van der Waals surface area contributed by atoms with Crippen LogP contribution in [0.2, 0.25) is 0 Å². The Kier molecular flexibility index (Phi) is 9.88. The van der Waals surface area contributed by atoms with Crippen molar-refractivity contribution in [2.24, 2.45) is 0 Å². The fourth-order valence-electron chi connectivity index (χ4n) is 3.32. The van der Waals surface area contributed by atoms with Crippen LogP contribution in [-0.2, 0) is 23.7 Å². The van der Waals surface area contributed by atoms with Gasteiger partial charge in [-0.3, -0.25) is 10.2 Å². The Bertz CT molecular complexity index is 613. The van der Waals surface area contributed by atoms with Gasteiger partial charge in [-0.1, -0.05) is 0 Å². The lowest BCUT2D eigenvalue weighted by atomic mass is 9.96. The fraction of sp³-hybridized carbons (Fsp3) is 0.882. The maximum Gasteiger partial charge on any atom is 0.217 e. The van der Waals surface area contributed by atoms with Crippen molar-refractivity contribution in [2.45, 2.75) is 67.4 Å². The van der Waals surface area contributed by atoms with E-state index in [1.54, 1.807) is 0 Å². The molecule has 1 amide bonds. The van der Waals surface area contributed by atoms with Gasteiger partial charge >= 0.3 is 0 Å². The molecule has 0 bridgehead atoms. The van der Waals surface area contributed by atoms with Crippen molar-refractivity contribution in [1.29, 1.82) is 5.41 Å². The fourth-order valence-corrected chi connectivity index (χ4v) is 4.41. The zero-order valence-corrected chi connectivity index (χ0v) is 17.8. The highest BCUT2D eigenvalue weighted by Gasteiger charge is 2.51. The Balaban J connectivity index is 2.20. The summed E-state index contributed by atoms with van der Waals surface area (Å²) in [7, 11) is 1.33. The molecule has 2 fully saturated rings. The van der Waals surface area contributed by atoms with Gasteiger partial charge in [0.05, 0.1) is 32.1 Å². The Morgan fingerprint density at radius 2 is 1.68 bits per heavy atom. The van der Waals surface area contributed by atoms with Crippen LogP contribution >= 0.6 is 11.8 Å². The number of hydrogen-bond acceptors (Lipinski definition) is 13. The molecule has 14 heteroatoms. The van der Waals surface area contributed by atoms with Crippen LogP contribution in [0.15, 0.2) is 0 Å². The van der Waals surface area contributed by atoms with Crippen molar-refractivity contribution in [3.05, 3.63) is 0 Å². The first-order chi connectivity index (χ1) is 14.6. The molecule has 2 heterocycles. The lowest BCUT2D eigenvalue weighted by Gasteiger charge is -2.47. The van der Waals surface area contributed by atoms with Crippen molar-refractivity contribution < 1.29 is 54.4 Å². The molecule has 0 aromatic rings. The molecule has 8 N–H and O–H groups in total. The number of carbonyl (C=O) groups is 1. The molecule has 13 nitrogen and oxygen atoms in total. The molecule has 0 aromatic carbocycles. The summed E-state index contributed by atoms with van der Waals surface area (Å²) in [4.78, 5) is 11.7. The molecule has 10 atom stereocenters. The minimum Gasteiger partial charge on any atom is -0.484 e. The van der Waals surface area contributed by atoms with E-state index < -0.39 is 79.6 Å². The minimum atomic E-state index is -1.72. The van der Waals surface area contributed by atoms with Gasteiger partial charge in [-0.05, 0) is 0 Å². The second kappa shape index (κ2) is 11.7. The number of thioether (sulfide) groups is 1. The standard InChI is InChI=1S/C17H30N2O11S/c1-6(22)19-10-12(24)15(8(4-21)29-17(10)31-5-9(18)27-2)30-16-14(26)13(25)11(23)7(3-20)28-16/h7-8,10-18,20-21,23-26H,3-5H2,1-2H3,(H,19,22). The Morgan fingerprint density at radius 1 is 1.03 bits per heavy atom. The first-order valence-corrected chi connectivity index (χ1v) is 10.6. The zero-order valence-electron chi connectivity index (χ0n) is 17.0. The van der Waals surface area contributed by atoms with Crippen molar-refractivity contribution in [3.8, 4) is 0 Å². The van der Waals surface area contributed by atoms with Crippen LogP contribution in [-0.4, -0.2) is 129 Å². The molecule has 2 aliphatic rings. The summed E-state index contributed by atoms with van der Waals surface area (Å²) in [5.41, 5.74) is -0.874. The van der Waals surface area contributed by atoms with Crippen LogP contribution in [0.3, 0.4) is 0 Å². The van der Waals surface area contributed by atoms with E-state index in [4.69, 9.17) is 24.4 Å². The second-order valence-corrected chi connectivity index (χ2v) is 8.27. The largest absolute Gasteiger partial charge is 0.484 e. The van der Waals surface area contributed by atoms with Crippen molar-refractivity contribution >= 4 is 23.6 Å². The number of hydrogen-bond donors (Lipinski definition) is 8. The molecule has 10 unspecified atom stereocenters. The number of aliphatic hydroxyl groups is 6. The predicted octanol–water partition coefficient (Wildman–Crippen LogP) is -3.89. The summed E-state index contributed by atoms with van der Waals surface area (Å²) >= 11 is 1.06. The minimum absolute atomic E-state index is 0.0649. The number of aliphatic hydroxyl groups excluding tert-OH is 6. The summed E-state index contributed by atoms with van der Waals surface area (Å²) in [6.45, 7) is -0.0431. The molecule has 2 aliphatic heterocycles. The van der Waals surface area contributed by atoms with Crippen LogP contribution < -0.4 is 5.32 Å². The zero-order chi connectivity index (χ0) is 23.3. The van der Waals surface area contributed by atoms with Crippen LogP contribution in [0.1, 0.15) is 6.92 Å². The third-order valence-corrected chi connectivity index (χ3v) is 6.15. The molecular weight excluding hydrogens is 440 g/mol. The maximum absolute atomic E-state index is 11.7. The Hall–Kier alpha value is -1.07. The molecule has 0 saturated carbocycles. The Morgan fingerprint density at radius 3 is 2.23 bits per heavy atom. The molecule has 0 aromatic heterocycles. The van der Waals surface area contributed by atoms with Gasteiger partial charge in [0.1, 0.15) is 48.2 Å². The van der Waals surface area contributed by atoms with E-state index in [1.807, 2.05) is 0 Å². The molecule has 0 aliphatic carbocycles. The average molecular weight is 470 g/mol.